The summed E-state index contributed by atoms with van der Waals surface area (Å²) in [6, 6.07) is 6.78. The SMILES string of the molecule is NOOSc1ccc(NN=O)cc1. The van der Waals surface area contributed by atoms with Gasteiger partial charge < -0.3 is 0 Å². The number of nitrogens with two attached hydrogens (primary N) is 1. The number of anilines is 1. The van der Waals surface area contributed by atoms with Crippen LogP contribution >= 0.6 is 12.0 Å². The molecule has 0 spiro atoms. The van der Waals surface area contributed by atoms with Gasteiger partial charge >= 0.3 is 0 Å². The third-order valence-corrected chi connectivity index (χ3v) is 1.81. The van der Waals surface area contributed by atoms with E-state index in [2.05, 4.69) is 25.9 Å². The maximum absolute atomic E-state index is 9.80. The quantitative estimate of drug-likeness (QED) is 0.326. The van der Waals surface area contributed by atoms with E-state index in [1.807, 2.05) is 0 Å². The van der Waals surface area contributed by atoms with Crippen molar-refractivity contribution in [1.29, 1.82) is 0 Å². The Morgan fingerprint density at radius 2 is 2.08 bits per heavy atom. The van der Waals surface area contributed by atoms with Gasteiger partial charge in [0.05, 0.1) is 23.0 Å². The van der Waals surface area contributed by atoms with Crippen LogP contribution in [0, 0.1) is 4.91 Å². The summed E-state index contributed by atoms with van der Waals surface area (Å²) in [5.74, 6) is 4.64. The molecule has 0 fully saturated rings. The zero-order valence-electron chi connectivity index (χ0n) is 6.47. The van der Waals surface area contributed by atoms with Crippen molar-refractivity contribution < 1.29 is 9.32 Å². The van der Waals surface area contributed by atoms with Crippen LogP contribution in [0.2, 0.25) is 0 Å². The summed E-state index contributed by atoms with van der Waals surface area (Å²) < 4.78 is 4.41. The highest BCUT2D eigenvalue weighted by Crippen LogP contribution is 2.20. The second-order valence-electron chi connectivity index (χ2n) is 1.98. The molecule has 1 aromatic rings. The predicted molar refractivity (Wildman–Crippen MR) is 48.1 cm³/mol. The first-order valence-corrected chi connectivity index (χ1v) is 3.99. The predicted octanol–water partition coefficient (Wildman–Crippen LogP) is 1.61. The molecule has 0 saturated heterocycles. The summed E-state index contributed by atoms with van der Waals surface area (Å²) in [6.07, 6.45) is 0. The van der Waals surface area contributed by atoms with Crippen LogP contribution in [0.4, 0.5) is 5.69 Å². The largest absolute Gasteiger partial charge is 0.242 e. The van der Waals surface area contributed by atoms with Gasteiger partial charge in [0.25, 0.3) is 0 Å². The molecule has 0 bridgehead atoms. The van der Waals surface area contributed by atoms with Crippen LogP contribution < -0.4 is 11.3 Å². The first-order chi connectivity index (χ1) is 6.36. The second kappa shape index (κ2) is 5.49. The zero-order chi connectivity index (χ0) is 9.52. The number of nitroso groups, excluding NO2 is 1. The Morgan fingerprint density at radius 3 is 2.62 bits per heavy atom. The molecule has 13 heavy (non-hydrogen) atoms. The fraction of sp³-hybridized carbons (Fsp3) is 0. The lowest BCUT2D eigenvalue weighted by Gasteiger charge is -1.99. The average Bonchev–Trinajstić information content (AvgIpc) is 2.17. The van der Waals surface area contributed by atoms with Gasteiger partial charge in [-0.05, 0) is 24.3 Å². The van der Waals surface area contributed by atoms with Gasteiger partial charge in [0.15, 0.2) is 0 Å². The maximum atomic E-state index is 9.80. The van der Waals surface area contributed by atoms with Gasteiger partial charge in [-0.25, -0.2) is 5.43 Å². The summed E-state index contributed by atoms with van der Waals surface area (Å²) in [5, 5.41) is 2.52. The molecular formula is C6H7N3O3S. The van der Waals surface area contributed by atoms with E-state index in [9.17, 15) is 4.91 Å². The molecule has 0 heterocycles. The van der Waals surface area contributed by atoms with E-state index in [4.69, 9.17) is 0 Å². The fourth-order valence-corrected chi connectivity index (χ4v) is 1.06. The topological polar surface area (TPSA) is 85.9 Å². The van der Waals surface area contributed by atoms with Crippen molar-refractivity contribution in [3.8, 4) is 0 Å². The molecule has 3 N–H and O–H groups in total. The highest BCUT2D eigenvalue weighted by atomic mass is 32.2. The molecule has 0 aliphatic carbocycles. The molecule has 0 amide bonds. The van der Waals surface area contributed by atoms with Crippen LogP contribution in [0.15, 0.2) is 34.4 Å². The lowest BCUT2D eigenvalue weighted by Crippen LogP contribution is -1.93. The van der Waals surface area contributed by atoms with Crippen LogP contribution in [-0.2, 0) is 9.32 Å². The lowest BCUT2D eigenvalue weighted by atomic mass is 10.3. The molecule has 0 aliphatic rings. The number of benzene rings is 1. The summed E-state index contributed by atoms with van der Waals surface area (Å²) in [5.41, 5.74) is 2.86. The number of hydrogen-bond donors (Lipinski definition) is 2. The molecule has 0 aromatic heterocycles. The average molecular weight is 201 g/mol. The molecule has 0 saturated carbocycles. The van der Waals surface area contributed by atoms with Crippen LogP contribution in [0.5, 0.6) is 0 Å². The van der Waals surface area contributed by atoms with Gasteiger partial charge in [0.1, 0.15) is 0 Å². The minimum absolute atomic E-state index is 0.605. The maximum Gasteiger partial charge on any atom is 0.0702 e. The van der Waals surface area contributed by atoms with Gasteiger partial charge in [-0.15, -0.1) is 14.2 Å². The molecule has 6 nitrogen and oxygen atoms in total. The summed E-state index contributed by atoms with van der Waals surface area (Å²) >= 11 is 0.963. The van der Waals surface area contributed by atoms with Crippen molar-refractivity contribution in [3.05, 3.63) is 29.2 Å². The Balaban J connectivity index is 2.53. The van der Waals surface area contributed by atoms with Gasteiger partial charge in [0, 0.05) is 4.90 Å². The zero-order valence-corrected chi connectivity index (χ0v) is 7.28. The van der Waals surface area contributed by atoms with E-state index in [-0.39, 0.29) is 0 Å². The monoisotopic (exact) mass is 201 g/mol. The Labute approximate surface area is 78.4 Å². The molecule has 1 rings (SSSR count). The van der Waals surface area contributed by atoms with Gasteiger partial charge in [-0.3, -0.25) is 0 Å². The third kappa shape index (κ3) is 3.38. The van der Waals surface area contributed by atoms with Gasteiger partial charge in [-0.1, -0.05) is 0 Å². The van der Waals surface area contributed by atoms with E-state index in [0.717, 1.165) is 16.9 Å². The van der Waals surface area contributed by atoms with Crippen LogP contribution in [0.1, 0.15) is 0 Å². The standard InChI is InChI=1S/C6H7N3O3S/c7-11-12-13-6-3-1-5(2-4-6)8-9-10/h1-4H,7H2,(H,8,10). The Kier molecular flexibility index (Phi) is 4.19. The molecule has 1 aromatic carbocycles. The molecule has 0 radical (unpaired) electrons. The molecular weight excluding hydrogens is 194 g/mol. The molecule has 0 unspecified atom stereocenters. The fourth-order valence-electron chi connectivity index (χ4n) is 0.697. The molecule has 70 valence electrons. The summed E-state index contributed by atoms with van der Waals surface area (Å²) in [4.78, 5) is 14.5. The number of hydrogen-bond acceptors (Lipinski definition) is 6. The highest BCUT2D eigenvalue weighted by molar-refractivity contribution is 7.94. The smallest absolute Gasteiger partial charge is 0.0702 e. The number of nitrogens with one attached hydrogen (secondary N) is 1. The first-order valence-electron chi connectivity index (χ1n) is 3.25. The van der Waals surface area contributed by atoms with Gasteiger partial charge in [0.2, 0.25) is 0 Å². The van der Waals surface area contributed by atoms with Crippen molar-refractivity contribution in [2.45, 2.75) is 4.90 Å². The minimum Gasteiger partial charge on any atom is -0.242 e. The van der Waals surface area contributed by atoms with Gasteiger partial charge in [-0.2, -0.15) is 5.90 Å². The normalized spacial score (nSPS) is 9.62. The lowest BCUT2D eigenvalue weighted by molar-refractivity contribution is -0.195. The number of nitrogens with zero attached hydrogens (tertiary/aromatic N) is 1. The van der Waals surface area contributed by atoms with E-state index in [0.29, 0.717) is 5.69 Å². The van der Waals surface area contributed by atoms with Crippen molar-refractivity contribution in [2.24, 2.45) is 11.2 Å². The van der Waals surface area contributed by atoms with E-state index >= 15 is 0 Å². The molecule has 7 heteroatoms. The van der Waals surface area contributed by atoms with Crippen LogP contribution in [0.25, 0.3) is 0 Å². The summed E-state index contributed by atoms with van der Waals surface area (Å²) in [7, 11) is 0. The van der Waals surface area contributed by atoms with E-state index in [1.165, 1.54) is 0 Å². The minimum atomic E-state index is 0.605. The first kappa shape index (κ1) is 9.93. The molecule has 0 aliphatic heterocycles. The van der Waals surface area contributed by atoms with Crippen molar-refractivity contribution in [1.82, 2.24) is 0 Å². The Hall–Kier alpha value is -1.15. The van der Waals surface area contributed by atoms with Crippen molar-refractivity contribution in [3.63, 3.8) is 0 Å². The molecule has 0 atom stereocenters. The number of rotatable bonds is 5. The van der Waals surface area contributed by atoms with E-state index < -0.39 is 0 Å². The second-order valence-corrected chi connectivity index (χ2v) is 2.75. The summed E-state index contributed by atoms with van der Waals surface area (Å²) in [6.45, 7) is 0. The third-order valence-electron chi connectivity index (χ3n) is 1.20. The highest BCUT2D eigenvalue weighted by Gasteiger charge is 1.95. The van der Waals surface area contributed by atoms with E-state index in [1.54, 1.807) is 24.3 Å². The van der Waals surface area contributed by atoms with Crippen LogP contribution in [-0.4, -0.2) is 0 Å². The van der Waals surface area contributed by atoms with Crippen LogP contribution in [0.3, 0.4) is 0 Å². The Morgan fingerprint density at radius 1 is 1.38 bits per heavy atom. The van der Waals surface area contributed by atoms with Crippen molar-refractivity contribution in [2.75, 3.05) is 5.43 Å². The van der Waals surface area contributed by atoms with Crippen molar-refractivity contribution >= 4 is 17.7 Å². The Bertz CT molecular complexity index is 266.